The van der Waals surface area contributed by atoms with Crippen molar-refractivity contribution in [2.45, 2.75) is 19.8 Å². The summed E-state index contributed by atoms with van der Waals surface area (Å²) in [6.45, 7) is 4.22. The third-order valence-corrected chi connectivity index (χ3v) is 6.10. The van der Waals surface area contributed by atoms with E-state index in [9.17, 15) is 4.79 Å². The lowest BCUT2D eigenvalue weighted by Crippen LogP contribution is -2.29. The van der Waals surface area contributed by atoms with Crippen LogP contribution in [0.15, 0.2) is 60.8 Å². The fourth-order valence-electron chi connectivity index (χ4n) is 4.33. The van der Waals surface area contributed by atoms with E-state index in [1.54, 1.807) is 4.52 Å². The van der Waals surface area contributed by atoms with Gasteiger partial charge in [0.1, 0.15) is 0 Å². The molecule has 1 amide bonds. The Morgan fingerprint density at radius 3 is 2.62 bits per heavy atom. The van der Waals surface area contributed by atoms with Crippen molar-refractivity contribution in [1.82, 2.24) is 29.9 Å². The van der Waals surface area contributed by atoms with Gasteiger partial charge in [0.2, 0.25) is 5.82 Å². The average Bonchev–Trinajstić information content (AvgIpc) is 3.44. The lowest BCUT2D eigenvalue weighted by atomic mass is 9.90. The van der Waals surface area contributed by atoms with Gasteiger partial charge in [0.25, 0.3) is 11.7 Å². The van der Waals surface area contributed by atoms with Crippen LogP contribution in [0.25, 0.3) is 16.7 Å². The highest BCUT2D eigenvalue weighted by Gasteiger charge is 2.21. The summed E-state index contributed by atoms with van der Waals surface area (Å²) >= 11 is 0. The van der Waals surface area contributed by atoms with Crippen LogP contribution in [-0.2, 0) is 0 Å². The number of aromatic nitrogens is 5. The number of aryl methyl sites for hydroxylation is 2. The first kappa shape index (κ1) is 21.6. The second-order valence-electron chi connectivity index (χ2n) is 8.72. The molecule has 1 unspecified atom stereocenters. The first-order valence-electron chi connectivity index (χ1n) is 11.2. The molecule has 0 aliphatic carbocycles. The third kappa shape index (κ3) is 3.98. The number of carbonyl (C=O) groups excluding carboxylic acids is 1. The first-order chi connectivity index (χ1) is 16.4. The number of nitrogens with zero attached hydrogens (tertiary/aromatic N) is 5. The van der Waals surface area contributed by atoms with Gasteiger partial charge in [-0.2, -0.15) is 4.98 Å². The van der Waals surface area contributed by atoms with Crippen LogP contribution < -0.4 is 10.2 Å². The van der Waals surface area contributed by atoms with Crippen LogP contribution in [0.3, 0.4) is 0 Å². The summed E-state index contributed by atoms with van der Waals surface area (Å²) < 4.78 is 1.60. The number of benzene rings is 2. The Morgan fingerprint density at radius 2 is 1.85 bits per heavy atom. The maximum Gasteiger partial charge on any atom is 0.291 e. The summed E-state index contributed by atoms with van der Waals surface area (Å²) in [4.78, 5) is 27.2. The molecule has 0 radical (unpaired) electrons. The average molecular weight is 454 g/mol. The molecule has 5 rings (SSSR count). The lowest BCUT2D eigenvalue weighted by Gasteiger charge is -2.19. The maximum absolute atomic E-state index is 13.0. The molecular formula is C26H27N7O. The zero-order chi connectivity index (χ0) is 23.8. The third-order valence-electron chi connectivity index (χ3n) is 6.10. The number of carbonyl (C=O) groups is 1. The van der Waals surface area contributed by atoms with Gasteiger partial charge in [-0.25, -0.2) is 9.50 Å². The van der Waals surface area contributed by atoms with Gasteiger partial charge in [0.15, 0.2) is 0 Å². The van der Waals surface area contributed by atoms with Crippen molar-refractivity contribution in [3.63, 3.8) is 0 Å². The Labute approximate surface area is 197 Å². The summed E-state index contributed by atoms with van der Waals surface area (Å²) in [5, 5.41) is 8.56. The number of rotatable bonds is 6. The topological polar surface area (TPSA) is 91.2 Å². The fraction of sp³-hybridized carbons (Fsp3) is 0.231. The van der Waals surface area contributed by atoms with Crippen molar-refractivity contribution in [2.24, 2.45) is 0 Å². The number of fused-ring (bicyclic) bond motifs is 2. The van der Waals surface area contributed by atoms with Crippen LogP contribution in [0.1, 0.15) is 39.1 Å². The molecule has 0 spiro atoms. The van der Waals surface area contributed by atoms with E-state index >= 15 is 0 Å². The number of anilines is 1. The standard InChI is InChI=1S/C26H27N7O/c1-16-13-17(2)33-26(29-16)30-24(31-33)25(34)28-14-21(18-9-11-19(12-10-18)32(3)4)22-15-27-23-8-6-5-7-20(22)23/h5-13,15,21,27H,14H2,1-4H3,(H,28,34). The lowest BCUT2D eigenvalue weighted by molar-refractivity contribution is 0.0942. The van der Waals surface area contributed by atoms with E-state index in [0.717, 1.165) is 39.1 Å². The predicted octanol–water partition coefficient (Wildman–Crippen LogP) is 3.85. The summed E-state index contributed by atoms with van der Waals surface area (Å²) in [6.07, 6.45) is 2.03. The van der Waals surface area contributed by atoms with Crippen molar-refractivity contribution in [2.75, 3.05) is 25.5 Å². The largest absolute Gasteiger partial charge is 0.378 e. The first-order valence-corrected chi connectivity index (χ1v) is 11.2. The highest BCUT2D eigenvalue weighted by Crippen LogP contribution is 2.31. The number of aromatic amines is 1. The van der Waals surface area contributed by atoms with Crippen molar-refractivity contribution in [1.29, 1.82) is 0 Å². The van der Waals surface area contributed by atoms with Gasteiger partial charge >= 0.3 is 0 Å². The number of H-pyrrole nitrogens is 1. The van der Waals surface area contributed by atoms with E-state index in [4.69, 9.17) is 0 Å². The molecule has 0 fully saturated rings. The van der Waals surface area contributed by atoms with Gasteiger partial charge in [-0.15, -0.1) is 5.10 Å². The normalized spacial score (nSPS) is 12.2. The molecule has 0 bridgehead atoms. The van der Waals surface area contributed by atoms with Crippen LogP contribution in [0.5, 0.6) is 0 Å². The van der Waals surface area contributed by atoms with Crippen LogP contribution in [0.2, 0.25) is 0 Å². The van der Waals surface area contributed by atoms with E-state index in [1.807, 2.05) is 52.3 Å². The van der Waals surface area contributed by atoms with Crippen LogP contribution >= 0.6 is 0 Å². The molecule has 2 aromatic carbocycles. The number of hydrogen-bond donors (Lipinski definition) is 2. The van der Waals surface area contributed by atoms with Gasteiger partial charge < -0.3 is 15.2 Å². The fourth-order valence-corrected chi connectivity index (χ4v) is 4.33. The Balaban J connectivity index is 1.46. The molecule has 0 saturated heterocycles. The quantitative estimate of drug-likeness (QED) is 0.408. The Bertz CT molecular complexity index is 1480. The van der Waals surface area contributed by atoms with E-state index in [-0.39, 0.29) is 17.6 Å². The molecule has 2 N–H and O–H groups in total. The van der Waals surface area contributed by atoms with E-state index < -0.39 is 0 Å². The number of nitrogens with one attached hydrogen (secondary N) is 2. The molecule has 3 aromatic heterocycles. The molecular weight excluding hydrogens is 426 g/mol. The molecule has 5 aromatic rings. The van der Waals surface area contributed by atoms with E-state index in [0.29, 0.717) is 12.3 Å². The molecule has 8 nitrogen and oxygen atoms in total. The van der Waals surface area contributed by atoms with Crippen LogP contribution in [-0.4, -0.2) is 51.1 Å². The van der Waals surface area contributed by atoms with Crippen LogP contribution in [0.4, 0.5) is 5.69 Å². The second-order valence-corrected chi connectivity index (χ2v) is 8.72. The van der Waals surface area contributed by atoms with Crippen molar-refractivity contribution in [3.8, 4) is 0 Å². The smallest absolute Gasteiger partial charge is 0.291 e. The molecule has 1 atom stereocenters. The van der Waals surface area contributed by atoms with Gasteiger partial charge in [0, 0.05) is 60.7 Å². The maximum atomic E-state index is 13.0. The minimum atomic E-state index is -0.322. The SMILES string of the molecule is Cc1cc(C)n2nc(C(=O)NCC(c3ccc(N(C)C)cc3)c3c[nH]c4ccccc34)nc2n1. The Kier molecular flexibility index (Phi) is 5.49. The van der Waals surface area contributed by atoms with E-state index in [2.05, 4.69) is 66.7 Å². The van der Waals surface area contributed by atoms with Crippen molar-refractivity contribution < 1.29 is 4.79 Å². The van der Waals surface area contributed by atoms with Gasteiger partial charge in [-0.05, 0) is 49.2 Å². The minimum Gasteiger partial charge on any atom is -0.378 e. The highest BCUT2D eigenvalue weighted by atomic mass is 16.2. The zero-order valence-electron chi connectivity index (χ0n) is 19.7. The van der Waals surface area contributed by atoms with Crippen LogP contribution in [0, 0.1) is 13.8 Å². The van der Waals surface area contributed by atoms with Gasteiger partial charge in [-0.3, -0.25) is 4.79 Å². The van der Waals surface area contributed by atoms with Gasteiger partial charge in [0.05, 0.1) is 0 Å². The molecule has 34 heavy (non-hydrogen) atoms. The second kappa shape index (κ2) is 8.62. The van der Waals surface area contributed by atoms with Crippen molar-refractivity contribution in [3.05, 3.63) is 89.1 Å². The summed E-state index contributed by atoms with van der Waals surface area (Å²) in [5.74, 6) is 0.171. The predicted molar refractivity (Wildman–Crippen MR) is 133 cm³/mol. The molecule has 0 aliphatic heterocycles. The number of hydrogen-bond acceptors (Lipinski definition) is 5. The number of para-hydroxylation sites is 1. The monoisotopic (exact) mass is 453 g/mol. The molecule has 8 heteroatoms. The van der Waals surface area contributed by atoms with Crippen molar-refractivity contribution >= 4 is 28.3 Å². The Morgan fingerprint density at radius 1 is 1.09 bits per heavy atom. The molecule has 172 valence electrons. The minimum absolute atomic E-state index is 0.0459. The Hall–Kier alpha value is -4.20. The van der Waals surface area contributed by atoms with Gasteiger partial charge in [-0.1, -0.05) is 30.3 Å². The molecule has 3 heterocycles. The number of amides is 1. The highest BCUT2D eigenvalue weighted by molar-refractivity contribution is 5.91. The summed E-state index contributed by atoms with van der Waals surface area (Å²) in [7, 11) is 4.04. The zero-order valence-corrected chi connectivity index (χ0v) is 19.7. The van der Waals surface area contributed by atoms with E-state index in [1.165, 1.54) is 0 Å². The summed E-state index contributed by atoms with van der Waals surface area (Å²) in [6, 6.07) is 18.5. The summed E-state index contributed by atoms with van der Waals surface area (Å²) in [5.41, 5.74) is 6.16. The molecule has 0 saturated carbocycles. The molecule has 0 aliphatic rings.